The summed E-state index contributed by atoms with van der Waals surface area (Å²) in [6, 6.07) is 19.0. The van der Waals surface area contributed by atoms with Crippen LogP contribution in [0.5, 0.6) is 0 Å². The lowest BCUT2D eigenvalue weighted by molar-refractivity contribution is -0.143. The highest BCUT2D eigenvalue weighted by atomic mass is 35.5. The molecule has 1 aromatic heterocycles. The lowest BCUT2D eigenvalue weighted by Gasteiger charge is -2.38. The zero-order chi connectivity index (χ0) is 28.9. The Bertz CT molecular complexity index is 1580. The lowest BCUT2D eigenvalue weighted by Crippen LogP contribution is -2.60. The Morgan fingerprint density at radius 1 is 0.902 bits per heavy atom. The van der Waals surface area contributed by atoms with Gasteiger partial charge in [0.1, 0.15) is 25.5 Å². The molecule has 1 saturated heterocycles. The van der Waals surface area contributed by atoms with Crippen LogP contribution in [-0.2, 0) is 20.8 Å². The normalized spacial score (nSPS) is 14.1. The van der Waals surface area contributed by atoms with E-state index in [2.05, 4.69) is 26.2 Å². The molecule has 3 N–H and O–H groups in total. The monoisotopic (exact) mass is 574 g/mol. The van der Waals surface area contributed by atoms with E-state index >= 15 is 0 Å². The van der Waals surface area contributed by atoms with Crippen molar-refractivity contribution in [1.29, 1.82) is 0 Å². The van der Waals surface area contributed by atoms with Gasteiger partial charge in [-0.2, -0.15) is 4.68 Å². The zero-order valence-electron chi connectivity index (χ0n) is 21.3. The van der Waals surface area contributed by atoms with Crippen LogP contribution in [0.15, 0.2) is 79.1 Å². The Morgan fingerprint density at radius 3 is 2.27 bits per heavy atom. The number of carbonyl (C=O) groups is 4. The van der Waals surface area contributed by atoms with Crippen molar-refractivity contribution in [3.05, 3.63) is 89.7 Å². The van der Waals surface area contributed by atoms with Crippen molar-refractivity contribution in [3.63, 3.8) is 0 Å². The van der Waals surface area contributed by atoms with Crippen LogP contribution in [0.2, 0.25) is 5.02 Å². The standard InChI is InChI=1S/C27H23ClN8O5/c28-18-6-11-21(36-16-29-32-33-36)22(13-18)34-14-25(38)35(15-24(34)37)23(12-17-4-2-1-3-5-17)26(39)30-19-7-9-20(10-8-19)31-27(40)41/h1-11,13,16,23,31H,12,14-15H2,(H,30,39)(H,40,41). The summed E-state index contributed by atoms with van der Waals surface area (Å²) in [6.45, 7) is -0.685. The molecule has 0 saturated carbocycles. The molecule has 14 heteroatoms. The van der Waals surface area contributed by atoms with Gasteiger partial charge in [-0.05, 0) is 58.5 Å². The molecule has 208 valence electrons. The van der Waals surface area contributed by atoms with E-state index in [9.17, 15) is 19.2 Å². The van der Waals surface area contributed by atoms with Crippen LogP contribution in [0.3, 0.4) is 0 Å². The number of piperazine rings is 1. The number of amides is 4. The number of rotatable bonds is 8. The van der Waals surface area contributed by atoms with Gasteiger partial charge in [0.15, 0.2) is 0 Å². The SMILES string of the molecule is O=C(O)Nc1ccc(NC(=O)C(Cc2ccccc2)N2CC(=O)N(c3cc(Cl)ccc3-n3cnnn3)CC2=O)cc1. The van der Waals surface area contributed by atoms with Crippen molar-refractivity contribution in [2.45, 2.75) is 12.5 Å². The van der Waals surface area contributed by atoms with Gasteiger partial charge in [0, 0.05) is 22.8 Å². The minimum atomic E-state index is -1.21. The Kier molecular flexibility index (Phi) is 7.87. The maximum absolute atomic E-state index is 13.6. The first-order chi connectivity index (χ1) is 19.8. The van der Waals surface area contributed by atoms with Crippen molar-refractivity contribution in [2.75, 3.05) is 28.6 Å². The van der Waals surface area contributed by atoms with E-state index in [-0.39, 0.29) is 19.5 Å². The molecule has 13 nitrogen and oxygen atoms in total. The third kappa shape index (κ3) is 6.31. The average Bonchev–Trinajstić information content (AvgIpc) is 3.49. The topological polar surface area (TPSA) is 163 Å². The molecule has 0 bridgehead atoms. The molecule has 1 fully saturated rings. The number of tetrazole rings is 1. The second-order valence-corrected chi connectivity index (χ2v) is 9.53. The second-order valence-electron chi connectivity index (χ2n) is 9.09. The largest absolute Gasteiger partial charge is 0.465 e. The second kappa shape index (κ2) is 11.8. The molecular formula is C27H23ClN8O5. The van der Waals surface area contributed by atoms with Gasteiger partial charge in [0.05, 0.1) is 11.4 Å². The fourth-order valence-electron chi connectivity index (χ4n) is 4.48. The highest BCUT2D eigenvalue weighted by Gasteiger charge is 2.39. The van der Waals surface area contributed by atoms with Gasteiger partial charge in [-0.15, -0.1) is 5.10 Å². The Labute approximate surface area is 238 Å². The third-order valence-corrected chi connectivity index (χ3v) is 6.63. The Morgan fingerprint density at radius 2 is 1.61 bits per heavy atom. The summed E-state index contributed by atoms with van der Waals surface area (Å²) >= 11 is 6.22. The van der Waals surface area contributed by atoms with Gasteiger partial charge in [-0.1, -0.05) is 41.9 Å². The molecule has 0 aliphatic carbocycles. The smallest absolute Gasteiger partial charge is 0.409 e. The number of nitrogens with zero attached hydrogens (tertiary/aromatic N) is 6. The molecule has 0 spiro atoms. The molecule has 3 aromatic carbocycles. The van der Waals surface area contributed by atoms with Crippen LogP contribution in [0.4, 0.5) is 21.9 Å². The summed E-state index contributed by atoms with van der Waals surface area (Å²) in [7, 11) is 0. The maximum Gasteiger partial charge on any atom is 0.409 e. The summed E-state index contributed by atoms with van der Waals surface area (Å²) in [5.74, 6) is -1.36. The first-order valence-corrected chi connectivity index (χ1v) is 12.7. The molecule has 1 aliphatic heterocycles. The van der Waals surface area contributed by atoms with Crippen LogP contribution in [0, 0.1) is 0 Å². The van der Waals surface area contributed by atoms with Gasteiger partial charge >= 0.3 is 6.09 Å². The summed E-state index contributed by atoms with van der Waals surface area (Å²) in [5, 5.41) is 25.4. The molecule has 4 amide bonds. The molecular weight excluding hydrogens is 552 g/mol. The van der Waals surface area contributed by atoms with Crippen molar-refractivity contribution in [1.82, 2.24) is 25.1 Å². The molecule has 5 rings (SSSR count). The predicted molar refractivity (Wildman–Crippen MR) is 149 cm³/mol. The van der Waals surface area contributed by atoms with Crippen LogP contribution in [0.25, 0.3) is 5.69 Å². The fourth-order valence-corrected chi connectivity index (χ4v) is 4.65. The minimum absolute atomic E-state index is 0.164. The van der Waals surface area contributed by atoms with Gasteiger partial charge < -0.3 is 15.3 Å². The summed E-state index contributed by atoms with van der Waals surface area (Å²) < 4.78 is 1.36. The van der Waals surface area contributed by atoms with E-state index in [0.29, 0.717) is 27.8 Å². The van der Waals surface area contributed by atoms with Crippen LogP contribution in [0.1, 0.15) is 5.56 Å². The quantitative estimate of drug-likeness (QED) is 0.289. The summed E-state index contributed by atoms with van der Waals surface area (Å²) in [4.78, 5) is 54.0. The van der Waals surface area contributed by atoms with Crippen LogP contribution < -0.4 is 15.5 Å². The molecule has 41 heavy (non-hydrogen) atoms. The summed E-state index contributed by atoms with van der Waals surface area (Å²) in [6.07, 6.45) is 0.312. The number of hydrogen-bond donors (Lipinski definition) is 3. The lowest BCUT2D eigenvalue weighted by atomic mass is 10.0. The van der Waals surface area contributed by atoms with E-state index in [1.807, 2.05) is 30.3 Å². The Balaban J connectivity index is 1.40. The van der Waals surface area contributed by atoms with Crippen molar-refractivity contribution in [2.24, 2.45) is 0 Å². The summed E-state index contributed by atoms with van der Waals surface area (Å²) in [5.41, 5.74) is 2.32. The molecule has 1 unspecified atom stereocenters. The highest BCUT2D eigenvalue weighted by Crippen LogP contribution is 2.30. The van der Waals surface area contributed by atoms with E-state index in [4.69, 9.17) is 16.7 Å². The third-order valence-electron chi connectivity index (χ3n) is 6.40. The van der Waals surface area contributed by atoms with Crippen LogP contribution >= 0.6 is 11.6 Å². The van der Waals surface area contributed by atoms with E-state index in [1.54, 1.807) is 18.2 Å². The number of carbonyl (C=O) groups excluding carboxylic acids is 3. The molecule has 1 atom stereocenters. The number of benzene rings is 3. The first-order valence-electron chi connectivity index (χ1n) is 12.4. The number of aromatic nitrogens is 4. The molecule has 0 radical (unpaired) electrons. The highest BCUT2D eigenvalue weighted by molar-refractivity contribution is 6.31. The van der Waals surface area contributed by atoms with Crippen molar-refractivity contribution < 1.29 is 24.3 Å². The predicted octanol–water partition coefficient (Wildman–Crippen LogP) is 2.83. The minimum Gasteiger partial charge on any atom is -0.465 e. The van der Waals surface area contributed by atoms with Gasteiger partial charge in [-0.3, -0.25) is 24.6 Å². The van der Waals surface area contributed by atoms with Gasteiger partial charge in [-0.25, -0.2) is 4.79 Å². The number of carboxylic acid groups (broad SMARTS) is 1. The molecule has 1 aliphatic rings. The van der Waals surface area contributed by atoms with Crippen LogP contribution in [-0.4, -0.2) is 73.2 Å². The molecule has 2 heterocycles. The number of halogens is 1. The zero-order valence-corrected chi connectivity index (χ0v) is 22.1. The van der Waals surface area contributed by atoms with Crippen molar-refractivity contribution >= 4 is 52.5 Å². The van der Waals surface area contributed by atoms with Crippen molar-refractivity contribution in [3.8, 4) is 5.69 Å². The number of hydrogen-bond acceptors (Lipinski definition) is 7. The maximum atomic E-state index is 13.6. The number of nitrogens with one attached hydrogen (secondary N) is 2. The molecule has 4 aromatic rings. The van der Waals surface area contributed by atoms with E-state index < -0.39 is 29.9 Å². The fraction of sp³-hybridized carbons (Fsp3) is 0.148. The average molecular weight is 575 g/mol. The van der Waals surface area contributed by atoms with Gasteiger partial charge in [0.25, 0.3) is 0 Å². The Hall–Kier alpha value is -5.30. The van der Waals surface area contributed by atoms with E-state index in [0.717, 1.165) is 5.56 Å². The van der Waals surface area contributed by atoms with E-state index in [1.165, 1.54) is 45.1 Å². The number of anilines is 3. The first kappa shape index (κ1) is 27.3. The van der Waals surface area contributed by atoms with Gasteiger partial charge in [0.2, 0.25) is 17.7 Å².